The highest BCUT2D eigenvalue weighted by Crippen LogP contribution is 2.28. The summed E-state index contributed by atoms with van der Waals surface area (Å²) in [7, 11) is 0. The summed E-state index contributed by atoms with van der Waals surface area (Å²) in [6, 6.07) is 14.4. The van der Waals surface area contributed by atoms with Gasteiger partial charge in [-0.25, -0.2) is 13.8 Å². The highest BCUT2D eigenvalue weighted by Gasteiger charge is 2.24. The molecule has 6 heteroatoms. The number of carbonyl (C=O) groups excluding carboxylic acids is 1. The van der Waals surface area contributed by atoms with Crippen molar-refractivity contribution in [3.05, 3.63) is 83.7 Å². The number of hydrogen-bond acceptors (Lipinski definition) is 3. The molecule has 1 N–H and O–H groups in total. The molecule has 4 nitrogen and oxygen atoms in total. The number of nitrogens with zero attached hydrogens (tertiary/aromatic N) is 2. The lowest BCUT2D eigenvalue weighted by Crippen LogP contribution is -2.35. The number of para-hydroxylation sites is 1. The molecule has 1 aliphatic heterocycles. The zero-order valence-corrected chi connectivity index (χ0v) is 14.5. The van der Waals surface area contributed by atoms with E-state index in [0.717, 1.165) is 30.2 Å². The van der Waals surface area contributed by atoms with Gasteiger partial charge >= 0.3 is 0 Å². The quantitative estimate of drug-likeness (QED) is 0.732. The van der Waals surface area contributed by atoms with Crippen molar-refractivity contribution < 1.29 is 13.6 Å². The number of fused-ring (bicyclic) bond motifs is 1. The minimum Gasteiger partial charge on any atom is -0.352 e. The van der Waals surface area contributed by atoms with E-state index >= 15 is 0 Å². The Morgan fingerprint density at radius 2 is 1.93 bits per heavy atom. The first-order valence-electron chi connectivity index (χ1n) is 8.70. The van der Waals surface area contributed by atoms with Crippen LogP contribution in [0.4, 0.5) is 25.8 Å². The number of anilines is 3. The van der Waals surface area contributed by atoms with E-state index in [-0.39, 0.29) is 11.6 Å². The predicted molar refractivity (Wildman–Crippen MR) is 100 cm³/mol. The van der Waals surface area contributed by atoms with Crippen molar-refractivity contribution in [2.45, 2.75) is 12.8 Å². The minimum atomic E-state index is -0.694. The Balaban J connectivity index is 1.53. The number of pyridine rings is 1. The molecule has 27 heavy (non-hydrogen) atoms. The Morgan fingerprint density at radius 1 is 1.07 bits per heavy atom. The third-order valence-electron chi connectivity index (χ3n) is 4.55. The van der Waals surface area contributed by atoms with Gasteiger partial charge in [0.1, 0.15) is 17.3 Å². The number of hydrogen-bond donors (Lipinski definition) is 1. The minimum absolute atomic E-state index is 0.141. The lowest BCUT2D eigenvalue weighted by atomic mass is 10.0. The molecule has 0 atom stereocenters. The van der Waals surface area contributed by atoms with Gasteiger partial charge in [-0.3, -0.25) is 4.79 Å². The lowest BCUT2D eigenvalue weighted by Gasteiger charge is -2.29. The normalized spacial score (nSPS) is 13.2. The molecule has 3 aromatic rings. The SMILES string of the molecule is O=C(c1ccc(Nc2ccc(F)cc2F)cn1)N1CCCc2ccccc21. The predicted octanol–water partition coefficient (Wildman–Crippen LogP) is 4.70. The van der Waals surface area contributed by atoms with E-state index in [9.17, 15) is 13.6 Å². The largest absolute Gasteiger partial charge is 0.352 e. The third-order valence-corrected chi connectivity index (χ3v) is 4.55. The van der Waals surface area contributed by atoms with Crippen LogP contribution in [0.1, 0.15) is 22.5 Å². The van der Waals surface area contributed by atoms with Gasteiger partial charge in [0.25, 0.3) is 5.91 Å². The number of amides is 1. The van der Waals surface area contributed by atoms with Crippen LogP contribution in [-0.2, 0) is 6.42 Å². The van der Waals surface area contributed by atoms with E-state index in [2.05, 4.69) is 10.3 Å². The molecule has 2 aromatic carbocycles. The molecule has 0 spiro atoms. The number of nitrogens with one attached hydrogen (secondary N) is 1. The second-order valence-corrected chi connectivity index (χ2v) is 6.37. The van der Waals surface area contributed by atoms with Gasteiger partial charge in [-0.05, 0) is 48.7 Å². The fraction of sp³-hybridized carbons (Fsp3) is 0.143. The molecule has 0 fully saturated rings. The van der Waals surface area contributed by atoms with Crippen LogP contribution in [-0.4, -0.2) is 17.4 Å². The molecule has 136 valence electrons. The molecule has 0 unspecified atom stereocenters. The van der Waals surface area contributed by atoms with Crippen LogP contribution in [0.2, 0.25) is 0 Å². The van der Waals surface area contributed by atoms with Gasteiger partial charge in [-0.15, -0.1) is 0 Å². The van der Waals surface area contributed by atoms with Gasteiger partial charge in [-0.1, -0.05) is 18.2 Å². The van der Waals surface area contributed by atoms with Crippen LogP contribution in [0, 0.1) is 11.6 Å². The van der Waals surface area contributed by atoms with Crippen LogP contribution in [0.5, 0.6) is 0 Å². The van der Waals surface area contributed by atoms with Gasteiger partial charge in [-0.2, -0.15) is 0 Å². The number of aryl methyl sites for hydroxylation is 1. The molecule has 0 aliphatic carbocycles. The summed E-state index contributed by atoms with van der Waals surface area (Å²) in [5, 5.41) is 2.83. The summed E-state index contributed by atoms with van der Waals surface area (Å²) in [4.78, 5) is 18.8. The molecular weight excluding hydrogens is 348 g/mol. The van der Waals surface area contributed by atoms with Crippen LogP contribution in [0.25, 0.3) is 0 Å². The van der Waals surface area contributed by atoms with Gasteiger partial charge in [0.05, 0.1) is 17.6 Å². The zero-order chi connectivity index (χ0) is 18.8. The topological polar surface area (TPSA) is 45.2 Å². The lowest BCUT2D eigenvalue weighted by molar-refractivity contribution is 0.0980. The summed E-state index contributed by atoms with van der Waals surface area (Å²) in [6.45, 7) is 0.651. The first-order valence-corrected chi connectivity index (χ1v) is 8.70. The van der Waals surface area contributed by atoms with Gasteiger partial charge < -0.3 is 10.2 Å². The van der Waals surface area contributed by atoms with Crippen LogP contribution in [0.15, 0.2) is 60.8 Å². The van der Waals surface area contributed by atoms with Gasteiger partial charge in [0.15, 0.2) is 0 Å². The van der Waals surface area contributed by atoms with Crippen molar-refractivity contribution in [1.29, 1.82) is 0 Å². The number of carbonyl (C=O) groups is 1. The highest BCUT2D eigenvalue weighted by atomic mass is 19.1. The number of rotatable bonds is 3. The number of halogens is 2. The molecule has 0 bridgehead atoms. The van der Waals surface area contributed by atoms with Crippen LogP contribution in [0.3, 0.4) is 0 Å². The molecule has 0 saturated carbocycles. The Kier molecular flexibility index (Phi) is 4.54. The smallest absolute Gasteiger partial charge is 0.276 e. The highest BCUT2D eigenvalue weighted by molar-refractivity contribution is 6.05. The molecule has 1 aliphatic rings. The molecule has 1 amide bonds. The average Bonchev–Trinajstić information content (AvgIpc) is 2.70. The fourth-order valence-corrected chi connectivity index (χ4v) is 3.22. The van der Waals surface area contributed by atoms with E-state index in [1.54, 1.807) is 17.0 Å². The maximum atomic E-state index is 13.7. The summed E-state index contributed by atoms with van der Waals surface area (Å²) >= 11 is 0. The molecule has 0 saturated heterocycles. The molecule has 2 heterocycles. The first-order chi connectivity index (χ1) is 13.1. The molecule has 4 rings (SSSR count). The van der Waals surface area contributed by atoms with Crippen molar-refractivity contribution in [2.24, 2.45) is 0 Å². The van der Waals surface area contributed by atoms with Crippen molar-refractivity contribution in [3.63, 3.8) is 0 Å². The zero-order valence-electron chi connectivity index (χ0n) is 14.5. The Bertz CT molecular complexity index is 989. The Labute approximate surface area is 155 Å². The maximum absolute atomic E-state index is 13.7. The van der Waals surface area contributed by atoms with Gasteiger partial charge in [0.2, 0.25) is 0 Å². The Hall–Kier alpha value is -3.28. The monoisotopic (exact) mass is 365 g/mol. The number of benzene rings is 2. The summed E-state index contributed by atoms with van der Waals surface area (Å²) in [6.07, 6.45) is 3.33. The molecule has 1 aromatic heterocycles. The van der Waals surface area contributed by atoms with Crippen LogP contribution < -0.4 is 10.2 Å². The van der Waals surface area contributed by atoms with E-state index < -0.39 is 11.6 Å². The average molecular weight is 365 g/mol. The van der Waals surface area contributed by atoms with E-state index in [1.165, 1.54) is 18.3 Å². The summed E-state index contributed by atoms with van der Waals surface area (Å²) in [5.41, 5.74) is 3.04. The van der Waals surface area contributed by atoms with Crippen molar-refractivity contribution >= 4 is 23.0 Å². The van der Waals surface area contributed by atoms with Gasteiger partial charge in [0, 0.05) is 18.3 Å². The summed E-state index contributed by atoms with van der Waals surface area (Å²) < 4.78 is 26.7. The maximum Gasteiger partial charge on any atom is 0.276 e. The van der Waals surface area contributed by atoms with E-state index in [4.69, 9.17) is 0 Å². The third kappa shape index (κ3) is 3.51. The van der Waals surface area contributed by atoms with Crippen molar-refractivity contribution in [3.8, 4) is 0 Å². The van der Waals surface area contributed by atoms with E-state index in [0.29, 0.717) is 17.9 Å². The number of aromatic nitrogens is 1. The van der Waals surface area contributed by atoms with Crippen molar-refractivity contribution in [2.75, 3.05) is 16.8 Å². The second kappa shape index (κ2) is 7.15. The fourth-order valence-electron chi connectivity index (χ4n) is 3.22. The van der Waals surface area contributed by atoms with Crippen LogP contribution >= 0.6 is 0 Å². The van der Waals surface area contributed by atoms with E-state index in [1.807, 2.05) is 24.3 Å². The van der Waals surface area contributed by atoms with Crippen molar-refractivity contribution in [1.82, 2.24) is 4.98 Å². The second-order valence-electron chi connectivity index (χ2n) is 6.37. The Morgan fingerprint density at radius 3 is 2.70 bits per heavy atom. The standard InChI is InChI=1S/C21H17F2N3O/c22-15-7-9-18(17(23)12-15)25-16-8-10-19(24-13-16)21(27)26-11-3-5-14-4-1-2-6-20(14)26/h1-2,4,6-10,12-13,25H,3,5,11H2. The summed E-state index contributed by atoms with van der Waals surface area (Å²) in [5.74, 6) is -1.50. The molecular formula is C21H17F2N3O. The first kappa shape index (κ1) is 17.1. The molecule has 0 radical (unpaired) electrons.